The number of aliphatic hydroxyl groups is 2. The minimum Gasteiger partial charge on any atom is -0.509 e. The van der Waals surface area contributed by atoms with Crippen molar-refractivity contribution in [1.82, 2.24) is 19.8 Å². The first-order chi connectivity index (χ1) is 28.8. The predicted octanol–water partition coefficient (Wildman–Crippen LogP) is 7.19. The molecule has 5 N–H and O–H groups in total. The number of ether oxygens (including phenoxy) is 1. The molecule has 0 radical (unpaired) electrons. The van der Waals surface area contributed by atoms with Gasteiger partial charge in [0.2, 0.25) is 11.6 Å². The zero-order valence-electron chi connectivity index (χ0n) is 32.2. The number of carboxylic acid groups (broad SMARTS) is 1. The molecule has 2 aromatic heterocycles. The van der Waals surface area contributed by atoms with Gasteiger partial charge in [-0.05, 0) is 67.6 Å². The summed E-state index contributed by atoms with van der Waals surface area (Å²) in [5, 5.41) is 37.9. The van der Waals surface area contributed by atoms with Crippen molar-refractivity contribution in [3.8, 4) is 28.0 Å². The van der Waals surface area contributed by atoms with Crippen LogP contribution >= 0.6 is 23.2 Å². The van der Waals surface area contributed by atoms with E-state index in [1.807, 2.05) is 18.3 Å². The van der Waals surface area contributed by atoms with Crippen LogP contribution in [0.4, 0.5) is 0 Å². The highest BCUT2D eigenvalue weighted by molar-refractivity contribution is 6.31. The van der Waals surface area contributed by atoms with E-state index in [1.54, 1.807) is 39.6 Å². The lowest BCUT2D eigenvalue weighted by Crippen LogP contribution is -2.47. The summed E-state index contributed by atoms with van der Waals surface area (Å²) < 4.78 is 9.15. The molecule has 2 saturated carbocycles. The predicted molar refractivity (Wildman–Crippen MR) is 219 cm³/mol. The Bertz CT molecular complexity index is 2550. The monoisotopic (exact) mass is 854 g/mol. The van der Waals surface area contributed by atoms with Crippen LogP contribution in [0.25, 0.3) is 22.3 Å². The number of nitrogens with one attached hydrogen (secondary N) is 2. The number of rotatable bonds is 9. The third-order valence-corrected chi connectivity index (χ3v) is 12.6. The van der Waals surface area contributed by atoms with E-state index in [1.165, 1.54) is 18.2 Å². The van der Waals surface area contributed by atoms with Crippen molar-refractivity contribution in [2.45, 2.75) is 75.3 Å². The van der Waals surface area contributed by atoms with E-state index in [0.717, 1.165) is 31.2 Å². The van der Waals surface area contributed by atoms with Gasteiger partial charge in [0.1, 0.15) is 52.6 Å². The van der Waals surface area contributed by atoms with E-state index in [-0.39, 0.29) is 39.0 Å². The van der Waals surface area contributed by atoms with Gasteiger partial charge in [-0.25, -0.2) is 4.79 Å². The van der Waals surface area contributed by atoms with Crippen molar-refractivity contribution in [3.63, 3.8) is 0 Å². The molecule has 0 unspecified atom stereocenters. The van der Waals surface area contributed by atoms with Gasteiger partial charge in [0.05, 0.1) is 11.4 Å². The number of fused-ring (bicyclic) bond motifs is 4. The number of allylic oxidation sites excluding steroid dienone is 2. The van der Waals surface area contributed by atoms with E-state index >= 15 is 0 Å². The van der Waals surface area contributed by atoms with Crippen LogP contribution in [-0.2, 0) is 30.3 Å². The van der Waals surface area contributed by atoms with Crippen molar-refractivity contribution in [3.05, 3.63) is 111 Å². The first kappa shape index (κ1) is 40.7. The van der Waals surface area contributed by atoms with Crippen LogP contribution in [0.1, 0.15) is 85.2 Å². The van der Waals surface area contributed by atoms with Gasteiger partial charge in [0, 0.05) is 45.2 Å². The van der Waals surface area contributed by atoms with E-state index < -0.39 is 76.4 Å². The second-order valence-electron chi connectivity index (χ2n) is 15.6. The average Bonchev–Trinajstić information content (AvgIpc) is 3.90. The molecule has 16 heteroatoms. The standard InChI is InChI=1S/C44H40Cl2N4O10/c45-26-9-7-24(8-10-26)25-19-30-37(54)34(39(56)44(50(30)23-25)16-5-2-6-17-44)41(58)48-22-33(53)60-31-20-27(46)11-12-28(31)29-13-18-49-36(29)38(55)35(42(59)47-21-32(51)52)40(57)43(49)14-3-1-4-15-43/h7-13,18-20,23,56-57H,1-6,14-17,21-22H2,(H,47,59)(H,48,58)(H,51,52). The highest BCUT2D eigenvalue weighted by Gasteiger charge is 2.50. The molecule has 14 nitrogen and oxygen atoms in total. The molecule has 4 aliphatic rings. The normalized spacial score (nSPS) is 18.0. The number of hydrogen-bond donors (Lipinski definition) is 5. The molecule has 310 valence electrons. The quantitative estimate of drug-likeness (QED) is 0.0651. The van der Waals surface area contributed by atoms with Crippen molar-refractivity contribution in [1.29, 1.82) is 0 Å². The van der Waals surface area contributed by atoms with Crippen LogP contribution in [0.3, 0.4) is 0 Å². The summed E-state index contributed by atoms with van der Waals surface area (Å²) in [4.78, 5) is 80.1. The number of benzene rings is 2. The highest BCUT2D eigenvalue weighted by atomic mass is 35.5. The Labute approximate surface area is 353 Å². The summed E-state index contributed by atoms with van der Waals surface area (Å²) in [5.74, 6) is -6.77. The SMILES string of the molecule is O=C(O)CNC(=O)C1=C(O)C2(CCCCC2)n2ccc(-c3ccc(Cl)cc3OC(=O)CNC(=O)C3=C(O)C4(CCCCC4)n4cc(-c5ccc(Cl)cc5)cc4C3=O)c2C1=O. The summed E-state index contributed by atoms with van der Waals surface area (Å²) in [6, 6.07) is 14.7. The molecule has 0 saturated heterocycles. The molecule has 0 bridgehead atoms. The Balaban J connectivity index is 1.07. The third kappa shape index (κ3) is 6.86. The third-order valence-electron chi connectivity index (χ3n) is 12.1. The second-order valence-corrected chi connectivity index (χ2v) is 16.5. The van der Waals surface area contributed by atoms with Crippen molar-refractivity contribution >= 4 is 58.5 Å². The average molecular weight is 856 g/mol. The van der Waals surface area contributed by atoms with Crippen LogP contribution in [0.5, 0.6) is 5.75 Å². The molecule has 4 heterocycles. The van der Waals surface area contributed by atoms with Gasteiger partial charge in [0.25, 0.3) is 11.8 Å². The number of aliphatic hydroxyl groups excluding tert-OH is 2. The van der Waals surface area contributed by atoms with Gasteiger partial charge in [-0.2, -0.15) is 0 Å². The van der Waals surface area contributed by atoms with Gasteiger partial charge in [-0.15, -0.1) is 0 Å². The van der Waals surface area contributed by atoms with E-state index in [9.17, 15) is 44.1 Å². The number of carbonyl (C=O) groups is 6. The number of aliphatic carboxylic acids is 1. The minimum atomic E-state index is -1.34. The number of ketones is 2. The molecule has 2 aliphatic heterocycles. The molecule has 2 fully saturated rings. The summed E-state index contributed by atoms with van der Waals surface area (Å²) in [7, 11) is 0. The summed E-state index contributed by atoms with van der Waals surface area (Å²) in [6.07, 6.45) is 9.87. The number of halogens is 2. The number of carboxylic acids is 1. The number of Topliss-reactive ketones (excluding diaryl/α,β-unsaturated/α-hetero) is 2. The van der Waals surface area contributed by atoms with Gasteiger partial charge in [-0.3, -0.25) is 24.0 Å². The minimum absolute atomic E-state index is 0.0157. The fourth-order valence-corrected chi connectivity index (χ4v) is 9.57. The lowest BCUT2D eigenvalue weighted by molar-refractivity contribution is -0.137. The molecular formula is C44H40Cl2N4O10. The molecule has 2 aromatic carbocycles. The number of hydrogen-bond acceptors (Lipinski definition) is 9. The maximum atomic E-state index is 14.2. The van der Waals surface area contributed by atoms with Gasteiger partial charge in [0.15, 0.2) is 0 Å². The largest absolute Gasteiger partial charge is 0.509 e. The maximum Gasteiger partial charge on any atom is 0.330 e. The van der Waals surface area contributed by atoms with Crippen LogP contribution in [0, 0.1) is 0 Å². The molecular weight excluding hydrogens is 815 g/mol. The number of nitrogens with zero attached hydrogens (tertiary/aromatic N) is 2. The van der Waals surface area contributed by atoms with Gasteiger partial charge >= 0.3 is 11.9 Å². The number of amides is 2. The number of aromatic nitrogens is 2. The Morgan fingerprint density at radius 3 is 1.85 bits per heavy atom. The van der Waals surface area contributed by atoms with Gasteiger partial charge in [-0.1, -0.05) is 73.9 Å². The summed E-state index contributed by atoms with van der Waals surface area (Å²) in [6.45, 7) is -1.50. The first-order valence-electron chi connectivity index (χ1n) is 19.7. The van der Waals surface area contributed by atoms with Gasteiger partial charge < -0.3 is 39.8 Å². The Hall–Kier alpha value is -6.12. The lowest BCUT2D eigenvalue weighted by atomic mass is 9.75. The lowest BCUT2D eigenvalue weighted by Gasteiger charge is -2.42. The molecule has 8 rings (SSSR count). The van der Waals surface area contributed by atoms with Crippen LogP contribution in [-0.4, -0.2) is 72.9 Å². The zero-order valence-corrected chi connectivity index (χ0v) is 33.7. The molecule has 2 amide bonds. The Morgan fingerprint density at radius 2 is 1.23 bits per heavy atom. The zero-order chi connectivity index (χ0) is 42.5. The van der Waals surface area contributed by atoms with E-state index in [2.05, 4.69) is 10.6 Å². The van der Waals surface area contributed by atoms with E-state index in [0.29, 0.717) is 49.1 Å². The van der Waals surface area contributed by atoms with Crippen LogP contribution in [0.2, 0.25) is 10.0 Å². The van der Waals surface area contributed by atoms with Crippen molar-refractivity contribution < 1.29 is 48.8 Å². The second kappa shape index (κ2) is 15.8. The van der Waals surface area contributed by atoms with Crippen molar-refractivity contribution in [2.24, 2.45) is 0 Å². The number of esters is 1. The molecule has 2 spiro atoms. The van der Waals surface area contributed by atoms with Crippen LogP contribution in [0.15, 0.2) is 89.7 Å². The fraction of sp³-hybridized carbons (Fsp3) is 0.318. The van der Waals surface area contributed by atoms with Crippen molar-refractivity contribution in [2.75, 3.05) is 13.1 Å². The number of carbonyl (C=O) groups excluding carboxylic acids is 5. The van der Waals surface area contributed by atoms with E-state index in [4.69, 9.17) is 27.9 Å². The highest BCUT2D eigenvalue weighted by Crippen LogP contribution is 2.49. The molecule has 2 aliphatic carbocycles. The maximum absolute atomic E-state index is 14.2. The Kier molecular flexibility index (Phi) is 10.7. The molecule has 0 atom stereocenters. The molecule has 60 heavy (non-hydrogen) atoms. The Morgan fingerprint density at radius 1 is 0.667 bits per heavy atom. The van der Waals surface area contributed by atoms with Crippen LogP contribution < -0.4 is 15.4 Å². The summed E-state index contributed by atoms with van der Waals surface area (Å²) >= 11 is 12.5. The first-order valence-corrected chi connectivity index (χ1v) is 20.5. The molecule has 4 aromatic rings. The topological polar surface area (TPSA) is 206 Å². The smallest absolute Gasteiger partial charge is 0.330 e. The fourth-order valence-electron chi connectivity index (χ4n) is 9.28. The summed E-state index contributed by atoms with van der Waals surface area (Å²) in [5.41, 5.74) is -1.02.